The molecule has 0 unspecified atom stereocenters. The minimum atomic E-state index is 0. The lowest BCUT2D eigenvalue weighted by atomic mass is 10.1. The van der Waals surface area contributed by atoms with Gasteiger partial charge in [-0.1, -0.05) is 79.3 Å². The van der Waals surface area contributed by atoms with Gasteiger partial charge in [-0.25, -0.2) is 4.98 Å². The maximum absolute atomic E-state index is 4.80. The van der Waals surface area contributed by atoms with Crippen molar-refractivity contribution in [3.8, 4) is 22.5 Å². The van der Waals surface area contributed by atoms with Crippen LogP contribution in [-0.4, -0.2) is 15.7 Å². The molecule has 0 spiro atoms. The van der Waals surface area contributed by atoms with Gasteiger partial charge in [0.1, 0.15) is 0 Å². The van der Waals surface area contributed by atoms with Crippen LogP contribution in [0.1, 0.15) is 13.3 Å². The van der Waals surface area contributed by atoms with Gasteiger partial charge in [-0.15, -0.1) is 12.4 Å². The highest BCUT2D eigenvalue weighted by molar-refractivity contribution is 7.99. The maximum Gasteiger partial charge on any atom is 0.166 e. The summed E-state index contributed by atoms with van der Waals surface area (Å²) in [6, 6.07) is 20.7. The number of imidazole rings is 1. The first-order valence-electron chi connectivity index (χ1n) is 7.22. The summed E-state index contributed by atoms with van der Waals surface area (Å²) in [5.41, 5.74) is 4.45. The van der Waals surface area contributed by atoms with E-state index in [2.05, 4.69) is 60.4 Å². The molecule has 4 heteroatoms. The van der Waals surface area contributed by atoms with Gasteiger partial charge in [0.2, 0.25) is 0 Å². The van der Waals surface area contributed by atoms with Crippen LogP contribution in [0, 0.1) is 0 Å². The van der Waals surface area contributed by atoms with Crippen molar-refractivity contribution in [2.45, 2.75) is 18.5 Å². The number of thioether (sulfide) groups is 1. The Kier molecular flexibility index (Phi) is 6.10. The van der Waals surface area contributed by atoms with Crippen LogP contribution in [0.3, 0.4) is 0 Å². The smallest absolute Gasteiger partial charge is 0.166 e. The lowest BCUT2D eigenvalue weighted by Gasteiger charge is -2.02. The molecule has 0 aliphatic carbocycles. The molecule has 2 nitrogen and oxygen atoms in total. The predicted octanol–water partition coefficient (Wildman–Crippen LogP) is 5.67. The molecule has 0 bridgehead atoms. The fourth-order valence-corrected chi connectivity index (χ4v) is 2.96. The summed E-state index contributed by atoms with van der Waals surface area (Å²) in [4.78, 5) is 8.28. The highest BCUT2D eigenvalue weighted by Gasteiger charge is 2.13. The average Bonchev–Trinajstić information content (AvgIpc) is 2.99. The van der Waals surface area contributed by atoms with Crippen molar-refractivity contribution in [3.05, 3.63) is 60.7 Å². The second-order valence-corrected chi connectivity index (χ2v) is 5.93. The summed E-state index contributed by atoms with van der Waals surface area (Å²) in [7, 11) is 0. The number of rotatable bonds is 5. The van der Waals surface area contributed by atoms with Crippen LogP contribution in [0.25, 0.3) is 22.5 Å². The first-order chi connectivity index (χ1) is 10.4. The summed E-state index contributed by atoms with van der Waals surface area (Å²) in [6.45, 7) is 2.19. The van der Waals surface area contributed by atoms with Crippen molar-refractivity contribution in [1.29, 1.82) is 0 Å². The second-order valence-electron chi connectivity index (χ2n) is 4.85. The van der Waals surface area contributed by atoms with Crippen LogP contribution >= 0.6 is 24.2 Å². The van der Waals surface area contributed by atoms with Crippen LogP contribution in [0.2, 0.25) is 0 Å². The third-order valence-corrected chi connectivity index (χ3v) is 4.31. The van der Waals surface area contributed by atoms with Crippen LogP contribution in [0.5, 0.6) is 0 Å². The molecule has 22 heavy (non-hydrogen) atoms. The topological polar surface area (TPSA) is 28.7 Å². The van der Waals surface area contributed by atoms with E-state index in [4.69, 9.17) is 4.98 Å². The molecule has 114 valence electrons. The Hall–Kier alpha value is -1.71. The predicted molar refractivity (Wildman–Crippen MR) is 97.7 cm³/mol. The van der Waals surface area contributed by atoms with Gasteiger partial charge in [0.15, 0.2) is 5.16 Å². The highest BCUT2D eigenvalue weighted by atomic mass is 35.5. The van der Waals surface area contributed by atoms with E-state index in [1.807, 2.05) is 12.1 Å². The van der Waals surface area contributed by atoms with Crippen molar-refractivity contribution in [2.24, 2.45) is 0 Å². The lowest BCUT2D eigenvalue weighted by Crippen LogP contribution is -1.82. The number of aromatic amines is 1. The van der Waals surface area contributed by atoms with E-state index >= 15 is 0 Å². The Morgan fingerprint density at radius 1 is 0.909 bits per heavy atom. The molecular weight excluding hydrogens is 312 g/mol. The molecule has 3 rings (SSSR count). The number of hydrogen-bond acceptors (Lipinski definition) is 2. The summed E-state index contributed by atoms with van der Waals surface area (Å²) < 4.78 is 0. The molecule has 0 saturated heterocycles. The molecule has 0 aliphatic rings. The fourth-order valence-electron chi connectivity index (χ4n) is 2.24. The van der Waals surface area contributed by atoms with E-state index in [-0.39, 0.29) is 12.4 Å². The minimum Gasteiger partial charge on any atom is -0.332 e. The van der Waals surface area contributed by atoms with Crippen LogP contribution < -0.4 is 0 Å². The number of nitrogens with one attached hydrogen (secondary N) is 1. The van der Waals surface area contributed by atoms with Gasteiger partial charge < -0.3 is 4.98 Å². The zero-order chi connectivity index (χ0) is 14.5. The fraction of sp³-hybridized carbons (Fsp3) is 0.167. The Bertz CT molecular complexity index is 639. The number of aromatic nitrogens is 2. The number of nitrogens with zero attached hydrogens (tertiary/aromatic N) is 1. The molecule has 0 radical (unpaired) electrons. The number of benzene rings is 2. The Morgan fingerprint density at radius 3 is 2.09 bits per heavy atom. The molecule has 0 atom stereocenters. The average molecular weight is 331 g/mol. The number of halogens is 1. The Labute approximate surface area is 141 Å². The quantitative estimate of drug-likeness (QED) is 0.611. The van der Waals surface area contributed by atoms with Crippen molar-refractivity contribution in [3.63, 3.8) is 0 Å². The summed E-state index contributed by atoms with van der Waals surface area (Å²) >= 11 is 1.78. The van der Waals surface area contributed by atoms with Crippen molar-refractivity contribution in [1.82, 2.24) is 9.97 Å². The zero-order valence-corrected chi connectivity index (χ0v) is 14.1. The van der Waals surface area contributed by atoms with Gasteiger partial charge >= 0.3 is 0 Å². The standard InChI is InChI=1S/C18H18N2S.ClH/c1-2-13-21-18-19-16(14-9-5-3-6-10-14)17(20-18)15-11-7-4-8-12-15;/h3-12H,2,13H2,1H3,(H,19,20);1H. The SMILES string of the molecule is CCCSc1nc(-c2ccccc2)c(-c2ccccc2)[nH]1.Cl. The van der Waals surface area contributed by atoms with E-state index in [0.29, 0.717) is 0 Å². The van der Waals surface area contributed by atoms with Gasteiger partial charge in [0, 0.05) is 16.9 Å². The van der Waals surface area contributed by atoms with Gasteiger partial charge in [-0.2, -0.15) is 0 Å². The summed E-state index contributed by atoms with van der Waals surface area (Å²) in [5.74, 6) is 1.08. The largest absolute Gasteiger partial charge is 0.332 e. The lowest BCUT2D eigenvalue weighted by molar-refractivity contribution is 1.04. The van der Waals surface area contributed by atoms with Gasteiger partial charge in [-0.05, 0) is 6.42 Å². The number of H-pyrrole nitrogens is 1. The molecule has 0 saturated carbocycles. The summed E-state index contributed by atoms with van der Waals surface area (Å²) in [6.07, 6.45) is 1.15. The van der Waals surface area contributed by atoms with Crippen molar-refractivity contribution in [2.75, 3.05) is 5.75 Å². The maximum atomic E-state index is 4.80. The zero-order valence-electron chi connectivity index (χ0n) is 12.5. The monoisotopic (exact) mass is 330 g/mol. The van der Waals surface area contributed by atoms with Crippen LogP contribution in [-0.2, 0) is 0 Å². The van der Waals surface area contributed by atoms with Crippen LogP contribution in [0.15, 0.2) is 65.8 Å². The molecule has 0 amide bonds. The molecule has 3 aromatic rings. The Morgan fingerprint density at radius 2 is 1.50 bits per heavy atom. The Balaban J connectivity index is 0.00000176. The number of hydrogen-bond donors (Lipinski definition) is 1. The molecule has 0 aliphatic heterocycles. The van der Waals surface area contributed by atoms with E-state index in [0.717, 1.165) is 34.3 Å². The third kappa shape index (κ3) is 3.73. The molecule has 0 fully saturated rings. The van der Waals surface area contributed by atoms with Crippen molar-refractivity contribution >= 4 is 24.2 Å². The van der Waals surface area contributed by atoms with Gasteiger partial charge in [0.05, 0.1) is 11.4 Å². The van der Waals surface area contributed by atoms with Gasteiger partial charge in [-0.3, -0.25) is 0 Å². The molecule has 2 aromatic carbocycles. The molecule has 1 aromatic heterocycles. The minimum absolute atomic E-state index is 0. The molecule has 1 N–H and O–H groups in total. The highest BCUT2D eigenvalue weighted by Crippen LogP contribution is 2.32. The van der Waals surface area contributed by atoms with Gasteiger partial charge in [0.25, 0.3) is 0 Å². The summed E-state index contributed by atoms with van der Waals surface area (Å²) in [5, 5.41) is 0.995. The van der Waals surface area contributed by atoms with Crippen molar-refractivity contribution < 1.29 is 0 Å². The second kappa shape index (κ2) is 8.06. The third-order valence-electron chi connectivity index (χ3n) is 3.23. The van der Waals surface area contributed by atoms with E-state index < -0.39 is 0 Å². The first-order valence-corrected chi connectivity index (χ1v) is 8.20. The molecule has 1 heterocycles. The normalized spacial score (nSPS) is 10.2. The van der Waals surface area contributed by atoms with Crippen LogP contribution in [0.4, 0.5) is 0 Å². The first kappa shape index (κ1) is 16.7. The van der Waals surface area contributed by atoms with E-state index in [1.165, 1.54) is 5.56 Å². The van der Waals surface area contributed by atoms with E-state index in [1.54, 1.807) is 11.8 Å². The molecular formula is C18H19ClN2S. The van der Waals surface area contributed by atoms with E-state index in [9.17, 15) is 0 Å².